The van der Waals surface area contributed by atoms with E-state index in [1.807, 2.05) is 12.3 Å². The van der Waals surface area contributed by atoms with Gasteiger partial charge in [0.2, 0.25) is 0 Å². The predicted octanol–water partition coefficient (Wildman–Crippen LogP) is 0.861. The SMILES string of the molecule is [B]C1=CCCC=N1. The maximum atomic E-state index is 5.30. The molecule has 0 saturated carbocycles. The van der Waals surface area contributed by atoms with Gasteiger partial charge >= 0.3 is 0 Å². The lowest BCUT2D eigenvalue weighted by Gasteiger charge is -1.96. The Bertz CT molecular complexity index is 115. The summed E-state index contributed by atoms with van der Waals surface area (Å²) < 4.78 is 0. The van der Waals surface area contributed by atoms with Crippen LogP contribution in [0.4, 0.5) is 0 Å². The molecular weight excluding hydrogens is 84.9 g/mol. The Hall–Kier alpha value is -0.525. The first-order valence-electron chi connectivity index (χ1n) is 2.38. The van der Waals surface area contributed by atoms with Crippen molar-refractivity contribution in [2.75, 3.05) is 0 Å². The molecule has 7 heavy (non-hydrogen) atoms. The van der Waals surface area contributed by atoms with Crippen LogP contribution < -0.4 is 0 Å². The van der Waals surface area contributed by atoms with Crippen LogP contribution in [0.25, 0.3) is 0 Å². The summed E-state index contributed by atoms with van der Waals surface area (Å²) in [4.78, 5) is 3.84. The Balaban J connectivity index is 2.58. The highest BCUT2D eigenvalue weighted by molar-refractivity contribution is 6.22. The molecule has 2 heteroatoms. The first kappa shape index (κ1) is 4.63. The molecule has 2 radical (unpaired) electrons. The van der Waals surface area contributed by atoms with Gasteiger partial charge in [-0.2, -0.15) is 0 Å². The fraction of sp³-hybridized carbons (Fsp3) is 0.400. The van der Waals surface area contributed by atoms with E-state index in [1.165, 1.54) is 0 Å². The Morgan fingerprint density at radius 3 is 2.71 bits per heavy atom. The number of rotatable bonds is 0. The van der Waals surface area contributed by atoms with Gasteiger partial charge in [0.1, 0.15) is 7.85 Å². The van der Waals surface area contributed by atoms with Gasteiger partial charge in [-0.25, -0.2) is 0 Å². The maximum absolute atomic E-state index is 5.30. The molecule has 0 spiro atoms. The lowest BCUT2D eigenvalue weighted by Crippen LogP contribution is -1.85. The highest BCUT2D eigenvalue weighted by atomic mass is 14.7. The molecule has 0 aliphatic carbocycles. The highest BCUT2D eigenvalue weighted by Gasteiger charge is 1.87. The Labute approximate surface area is 44.6 Å². The van der Waals surface area contributed by atoms with Crippen LogP contribution in [0.3, 0.4) is 0 Å². The Morgan fingerprint density at radius 1 is 1.57 bits per heavy atom. The first-order valence-corrected chi connectivity index (χ1v) is 2.38. The average Bonchev–Trinajstić information content (AvgIpc) is 1.69. The van der Waals surface area contributed by atoms with Gasteiger partial charge in [0.05, 0.1) is 0 Å². The van der Waals surface area contributed by atoms with Crippen LogP contribution in [-0.2, 0) is 0 Å². The molecule has 0 aromatic rings. The van der Waals surface area contributed by atoms with Gasteiger partial charge in [-0.3, -0.25) is 4.99 Å². The van der Waals surface area contributed by atoms with Crippen molar-refractivity contribution < 1.29 is 0 Å². The minimum Gasteiger partial charge on any atom is -0.278 e. The summed E-state index contributed by atoms with van der Waals surface area (Å²) in [6, 6.07) is 0. The normalized spacial score (nSPS) is 19.1. The number of allylic oxidation sites excluding steroid dienone is 1. The molecule has 0 N–H and O–H groups in total. The van der Waals surface area contributed by atoms with E-state index in [0.717, 1.165) is 12.8 Å². The standard InChI is InChI=1S/C5H6BN/c6-5-3-1-2-4-7-5/h3-4H,1-2H2. The van der Waals surface area contributed by atoms with Crippen molar-refractivity contribution in [2.24, 2.45) is 4.99 Å². The molecule has 1 heterocycles. The topological polar surface area (TPSA) is 12.4 Å². The van der Waals surface area contributed by atoms with Crippen molar-refractivity contribution in [1.82, 2.24) is 0 Å². The predicted molar refractivity (Wildman–Crippen MR) is 31.6 cm³/mol. The van der Waals surface area contributed by atoms with Crippen molar-refractivity contribution in [3.05, 3.63) is 11.7 Å². The minimum absolute atomic E-state index is 0.659. The molecule has 0 bridgehead atoms. The molecule has 0 fully saturated rings. The molecule has 0 aromatic carbocycles. The van der Waals surface area contributed by atoms with Crippen molar-refractivity contribution in [2.45, 2.75) is 12.8 Å². The van der Waals surface area contributed by atoms with Crippen molar-refractivity contribution in [3.63, 3.8) is 0 Å². The molecule has 1 rings (SSSR count). The van der Waals surface area contributed by atoms with Crippen molar-refractivity contribution in [1.29, 1.82) is 0 Å². The monoisotopic (exact) mass is 91.1 g/mol. The molecule has 0 aromatic heterocycles. The van der Waals surface area contributed by atoms with Crippen LogP contribution in [0.1, 0.15) is 12.8 Å². The van der Waals surface area contributed by atoms with Crippen LogP contribution in [0.15, 0.2) is 16.7 Å². The summed E-state index contributed by atoms with van der Waals surface area (Å²) in [5, 5.41) is 0. The summed E-state index contributed by atoms with van der Waals surface area (Å²) in [6.07, 6.45) is 5.87. The van der Waals surface area contributed by atoms with Crippen molar-refractivity contribution >= 4 is 14.1 Å². The van der Waals surface area contributed by atoms with Crippen LogP contribution in [-0.4, -0.2) is 14.1 Å². The first-order chi connectivity index (χ1) is 3.39. The number of hydrogen-bond acceptors (Lipinski definition) is 1. The smallest absolute Gasteiger partial charge is 0.141 e. The largest absolute Gasteiger partial charge is 0.278 e. The molecular formula is C5H6BN. The molecule has 1 aliphatic heterocycles. The fourth-order valence-electron chi connectivity index (χ4n) is 0.528. The second-order valence-electron chi connectivity index (χ2n) is 1.52. The van der Waals surface area contributed by atoms with Gasteiger partial charge in [0.15, 0.2) is 0 Å². The number of aliphatic imine (C=N–C) groups is 1. The Kier molecular flexibility index (Phi) is 1.30. The van der Waals surface area contributed by atoms with Gasteiger partial charge in [0, 0.05) is 6.21 Å². The fourth-order valence-corrected chi connectivity index (χ4v) is 0.528. The lowest BCUT2D eigenvalue weighted by molar-refractivity contribution is 1.08. The molecule has 0 atom stereocenters. The van der Waals surface area contributed by atoms with E-state index in [9.17, 15) is 0 Å². The van der Waals surface area contributed by atoms with E-state index in [4.69, 9.17) is 7.85 Å². The van der Waals surface area contributed by atoms with Crippen LogP contribution in [0.5, 0.6) is 0 Å². The third-order valence-electron chi connectivity index (χ3n) is 0.890. The number of nitrogens with zero attached hydrogens (tertiary/aromatic N) is 1. The Morgan fingerprint density at radius 2 is 2.43 bits per heavy atom. The van der Waals surface area contributed by atoms with E-state index in [-0.39, 0.29) is 0 Å². The van der Waals surface area contributed by atoms with Gasteiger partial charge in [-0.15, -0.1) is 0 Å². The zero-order valence-electron chi connectivity index (χ0n) is 4.09. The van der Waals surface area contributed by atoms with E-state index in [0.29, 0.717) is 5.60 Å². The zero-order chi connectivity index (χ0) is 5.11. The minimum atomic E-state index is 0.659. The van der Waals surface area contributed by atoms with E-state index in [2.05, 4.69) is 4.99 Å². The summed E-state index contributed by atoms with van der Waals surface area (Å²) in [7, 11) is 5.30. The summed E-state index contributed by atoms with van der Waals surface area (Å²) in [5.41, 5.74) is 0.659. The summed E-state index contributed by atoms with van der Waals surface area (Å²) in [6.45, 7) is 0. The quantitative estimate of drug-likeness (QED) is 0.392. The van der Waals surface area contributed by atoms with Gasteiger partial charge in [0.25, 0.3) is 0 Å². The highest BCUT2D eigenvalue weighted by Crippen LogP contribution is 2.00. The lowest BCUT2D eigenvalue weighted by atomic mass is 10.0. The summed E-state index contributed by atoms with van der Waals surface area (Å²) >= 11 is 0. The van der Waals surface area contributed by atoms with E-state index >= 15 is 0 Å². The number of hydrogen-bond donors (Lipinski definition) is 0. The second-order valence-corrected chi connectivity index (χ2v) is 1.52. The molecule has 0 unspecified atom stereocenters. The van der Waals surface area contributed by atoms with Crippen LogP contribution >= 0.6 is 0 Å². The molecule has 1 aliphatic rings. The third kappa shape index (κ3) is 1.18. The van der Waals surface area contributed by atoms with Crippen molar-refractivity contribution in [3.8, 4) is 0 Å². The van der Waals surface area contributed by atoms with Crippen LogP contribution in [0, 0.1) is 0 Å². The van der Waals surface area contributed by atoms with Gasteiger partial charge < -0.3 is 0 Å². The molecule has 1 nitrogen and oxygen atoms in total. The second kappa shape index (κ2) is 1.96. The maximum Gasteiger partial charge on any atom is 0.141 e. The van der Waals surface area contributed by atoms with E-state index in [1.54, 1.807) is 0 Å². The van der Waals surface area contributed by atoms with E-state index < -0.39 is 0 Å². The third-order valence-corrected chi connectivity index (χ3v) is 0.890. The molecule has 34 valence electrons. The zero-order valence-corrected chi connectivity index (χ0v) is 4.09. The summed E-state index contributed by atoms with van der Waals surface area (Å²) in [5.74, 6) is 0. The van der Waals surface area contributed by atoms with Crippen LogP contribution in [0.2, 0.25) is 0 Å². The van der Waals surface area contributed by atoms with Gasteiger partial charge in [-0.1, -0.05) is 6.08 Å². The molecule has 0 amide bonds. The average molecular weight is 90.9 g/mol. The molecule has 0 saturated heterocycles. The van der Waals surface area contributed by atoms with Gasteiger partial charge in [-0.05, 0) is 18.4 Å².